The Balaban J connectivity index is 1.30. The Morgan fingerprint density at radius 3 is 2.55 bits per heavy atom. The normalized spacial score (nSPS) is 11.3. The molecule has 0 aliphatic rings. The van der Waals surface area contributed by atoms with Crippen LogP contribution in [0.1, 0.15) is 18.4 Å². The van der Waals surface area contributed by atoms with Crippen molar-refractivity contribution in [1.82, 2.24) is 9.55 Å². The van der Waals surface area contributed by atoms with E-state index in [1.807, 2.05) is 0 Å². The first kappa shape index (κ1) is 19.4. The van der Waals surface area contributed by atoms with Crippen molar-refractivity contribution in [2.24, 2.45) is 0 Å². The molecule has 0 bridgehead atoms. The molecule has 0 radical (unpaired) electrons. The number of imidazole rings is 1. The van der Waals surface area contributed by atoms with Gasteiger partial charge in [-0.2, -0.15) is 0 Å². The molecule has 3 nitrogen and oxygen atoms in total. The van der Waals surface area contributed by atoms with Gasteiger partial charge in [0.05, 0.1) is 17.6 Å². The monoisotopic (exact) mass is 406 g/mol. The number of para-hydroxylation sites is 2. The van der Waals surface area contributed by atoms with E-state index in [1.54, 1.807) is 0 Å². The van der Waals surface area contributed by atoms with Gasteiger partial charge in [-0.05, 0) is 49.4 Å². The average molecular weight is 407 g/mol. The van der Waals surface area contributed by atoms with Crippen molar-refractivity contribution in [2.45, 2.75) is 26.3 Å². The molecule has 31 heavy (non-hydrogen) atoms. The maximum Gasteiger partial charge on any atom is 0.141 e. The zero-order valence-corrected chi connectivity index (χ0v) is 17.8. The highest BCUT2D eigenvalue weighted by atomic mass is 16.5. The zero-order chi connectivity index (χ0) is 21.0. The second kappa shape index (κ2) is 8.65. The number of nitrogens with zero attached hydrogens (tertiary/aromatic N) is 2. The minimum absolute atomic E-state index is 0.709. The predicted octanol–water partition coefficient (Wildman–Crippen LogP) is 7.02. The number of ether oxygens (including phenoxy) is 1. The van der Waals surface area contributed by atoms with Crippen LogP contribution in [-0.2, 0) is 6.54 Å². The van der Waals surface area contributed by atoms with Crippen LogP contribution < -0.4 is 4.74 Å². The van der Waals surface area contributed by atoms with E-state index in [4.69, 9.17) is 9.72 Å². The standard InChI is InChI=1S/C28H26N2O/c1-21-10-8-13-23(20-21)28-29-25-15-4-5-16-26(25)30(28)18-6-7-19-31-27-17-9-12-22-11-2-3-14-24(22)27/h2-5,8-17,20H,6-7,18-19H2,1H3. The van der Waals surface area contributed by atoms with Crippen LogP contribution in [0.3, 0.4) is 0 Å². The summed E-state index contributed by atoms with van der Waals surface area (Å²) in [6.07, 6.45) is 2.02. The summed E-state index contributed by atoms with van der Waals surface area (Å²) in [6.45, 7) is 3.75. The maximum absolute atomic E-state index is 6.13. The quantitative estimate of drug-likeness (QED) is 0.271. The first-order valence-electron chi connectivity index (χ1n) is 10.9. The predicted molar refractivity (Wildman–Crippen MR) is 129 cm³/mol. The summed E-state index contributed by atoms with van der Waals surface area (Å²) in [6, 6.07) is 31.6. The van der Waals surface area contributed by atoms with Gasteiger partial charge in [-0.25, -0.2) is 4.98 Å². The van der Waals surface area contributed by atoms with Crippen LogP contribution in [0.25, 0.3) is 33.2 Å². The van der Waals surface area contributed by atoms with E-state index in [9.17, 15) is 0 Å². The van der Waals surface area contributed by atoms with E-state index < -0.39 is 0 Å². The fraction of sp³-hybridized carbons (Fsp3) is 0.179. The molecule has 0 spiro atoms. The Morgan fingerprint density at radius 1 is 0.806 bits per heavy atom. The van der Waals surface area contributed by atoms with Crippen LogP contribution in [0.2, 0.25) is 0 Å². The number of fused-ring (bicyclic) bond motifs is 2. The lowest BCUT2D eigenvalue weighted by Crippen LogP contribution is -2.04. The lowest BCUT2D eigenvalue weighted by molar-refractivity contribution is 0.307. The fourth-order valence-electron chi connectivity index (χ4n) is 4.18. The van der Waals surface area contributed by atoms with Crippen LogP contribution in [0.4, 0.5) is 0 Å². The highest BCUT2D eigenvalue weighted by Gasteiger charge is 2.12. The highest BCUT2D eigenvalue weighted by molar-refractivity contribution is 5.88. The minimum atomic E-state index is 0.709. The van der Waals surface area contributed by atoms with Gasteiger partial charge in [0.1, 0.15) is 11.6 Å². The van der Waals surface area contributed by atoms with Crippen molar-refractivity contribution in [2.75, 3.05) is 6.61 Å². The van der Waals surface area contributed by atoms with Crippen molar-refractivity contribution in [3.05, 3.63) is 96.6 Å². The molecule has 154 valence electrons. The molecule has 3 heteroatoms. The number of aromatic nitrogens is 2. The van der Waals surface area contributed by atoms with Crippen molar-refractivity contribution in [1.29, 1.82) is 0 Å². The first-order valence-corrected chi connectivity index (χ1v) is 10.9. The lowest BCUT2D eigenvalue weighted by atomic mass is 10.1. The van der Waals surface area contributed by atoms with Gasteiger partial charge in [0, 0.05) is 17.5 Å². The fourth-order valence-corrected chi connectivity index (χ4v) is 4.18. The Morgan fingerprint density at radius 2 is 1.61 bits per heavy atom. The molecule has 0 N–H and O–H groups in total. The number of rotatable bonds is 7. The molecule has 0 atom stereocenters. The van der Waals surface area contributed by atoms with Gasteiger partial charge in [-0.15, -0.1) is 0 Å². The van der Waals surface area contributed by atoms with E-state index in [0.29, 0.717) is 6.61 Å². The van der Waals surface area contributed by atoms with E-state index in [0.717, 1.165) is 36.5 Å². The molecular weight excluding hydrogens is 380 g/mol. The number of unbranched alkanes of at least 4 members (excludes halogenated alkanes) is 1. The molecular formula is C28H26N2O. The summed E-state index contributed by atoms with van der Waals surface area (Å²) >= 11 is 0. The molecule has 4 aromatic carbocycles. The van der Waals surface area contributed by atoms with E-state index >= 15 is 0 Å². The van der Waals surface area contributed by atoms with Crippen molar-refractivity contribution in [3.63, 3.8) is 0 Å². The lowest BCUT2D eigenvalue weighted by Gasteiger charge is -2.12. The minimum Gasteiger partial charge on any atom is -0.493 e. The Hall–Kier alpha value is -3.59. The van der Waals surface area contributed by atoms with Gasteiger partial charge in [-0.3, -0.25) is 0 Å². The van der Waals surface area contributed by atoms with E-state index in [1.165, 1.54) is 27.4 Å². The Labute approximate surface area is 182 Å². The van der Waals surface area contributed by atoms with Crippen LogP contribution in [0.5, 0.6) is 5.75 Å². The van der Waals surface area contributed by atoms with E-state index in [-0.39, 0.29) is 0 Å². The Kier molecular flexibility index (Phi) is 5.40. The second-order valence-electron chi connectivity index (χ2n) is 7.98. The summed E-state index contributed by atoms with van der Waals surface area (Å²) in [4.78, 5) is 4.94. The smallest absolute Gasteiger partial charge is 0.141 e. The molecule has 5 rings (SSSR count). The molecule has 0 saturated heterocycles. The molecule has 0 fully saturated rings. The third kappa shape index (κ3) is 4.04. The molecule has 0 unspecified atom stereocenters. The van der Waals surface area contributed by atoms with Crippen LogP contribution in [-0.4, -0.2) is 16.2 Å². The van der Waals surface area contributed by atoms with Crippen molar-refractivity contribution in [3.8, 4) is 17.1 Å². The molecule has 1 heterocycles. The summed E-state index contributed by atoms with van der Waals surface area (Å²) in [5.41, 5.74) is 4.66. The van der Waals surface area contributed by atoms with Gasteiger partial charge < -0.3 is 9.30 Å². The molecule has 0 amide bonds. The maximum atomic E-state index is 6.13. The van der Waals surface area contributed by atoms with Gasteiger partial charge in [0.15, 0.2) is 0 Å². The van der Waals surface area contributed by atoms with Gasteiger partial charge in [-0.1, -0.05) is 72.3 Å². The molecule has 0 aliphatic carbocycles. The molecule has 1 aromatic heterocycles. The third-order valence-corrected chi connectivity index (χ3v) is 5.71. The Bertz CT molecular complexity index is 1330. The van der Waals surface area contributed by atoms with Crippen LogP contribution in [0, 0.1) is 6.92 Å². The van der Waals surface area contributed by atoms with Crippen molar-refractivity contribution < 1.29 is 4.74 Å². The molecule has 0 aliphatic heterocycles. The van der Waals surface area contributed by atoms with Gasteiger partial charge in [0.2, 0.25) is 0 Å². The topological polar surface area (TPSA) is 27.1 Å². The number of aryl methyl sites for hydroxylation is 2. The number of benzene rings is 4. The summed E-state index contributed by atoms with van der Waals surface area (Å²) in [7, 11) is 0. The van der Waals surface area contributed by atoms with Gasteiger partial charge >= 0.3 is 0 Å². The summed E-state index contributed by atoms with van der Waals surface area (Å²) < 4.78 is 8.48. The first-order chi connectivity index (χ1) is 15.3. The average Bonchev–Trinajstić information content (AvgIpc) is 3.18. The number of hydrogen-bond donors (Lipinski definition) is 0. The molecule has 0 saturated carbocycles. The van der Waals surface area contributed by atoms with Crippen molar-refractivity contribution >= 4 is 21.8 Å². The highest BCUT2D eigenvalue weighted by Crippen LogP contribution is 2.27. The van der Waals surface area contributed by atoms with Crippen LogP contribution >= 0.6 is 0 Å². The largest absolute Gasteiger partial charge is 0.493 e. The molecule has 5 aromatic rings. The number of hydrogen-bond acceptors (Lipinski definition) is 2. The summed E-state index contributed by atoms with van der Waals surface area (Å²) in [5.74, 6) is 2.01. The zero-order valence-electron chi connectivity index (χ0n) is 17.8. The third-order valence-electron chi connectivity index (χ3n) is 5.71. The van der Waals surface area contributed by atoms with Crippen LogP contribution in [0.15, 0.2) is 91.0 Å². The second-order valence-corrected chi connectivity index (χ2v) is 7.98. The van der Waals surface area contributed by atoms with Gasteiger partial charge in [0.25, 0.3) is 0 Å². The van der Waals surface area contributed by atoms with E-state index in [2.05, 4.69) is 102 Å². The summed E-state index contributed by atoms with van der Waals surface area (Å²) in [5, 5.41) is 2.39. The SMILES string of the molecule is Cc1cccc(-c2nc3ccccc3n2CCCCOc2cccc3ccccc23)c1.